The molecular formula is C11H11NO3. The molecule has 15 heavy (non-hydrogen) atoms. The third-order valence-corrected chi connectivity index (χ3v) is 2.48. The van der Waals surface area contributed by atoms with Crippen molar-refractivity contribution in [3.63, 3.8) is 0 Å². The predicted molar refractivity (Wildman–Crippen MR) is 53.3 cm³/mol. The monoisotopic (exact) mass is 205 g/mol. The van der Waals surface area contributed by atoms with Crippen LogP contribution in [0.3, 0.4) is 0 Å². The molecule has 0 bridgehead atoms. The lowest BCUT2D eigenvalue weighted by Crippen LogP contribution is -2.21. The normalized spacial score (nSPS) is 18.2. The second kappa shape index (κ2) is 3.73. The fourth-order valence-corrected chi connectivity index (χ4v) is 1.73. The Morgan fingerprint density at radius 3 is 2.93 bits per heavy atom. The van der Waals surface area contributed by atoms with E-state index in [0.717, 1.165) is 5.56 Å². The Kier molecular flexibility index (Phi) is 2.41. The van der Waals surface area contributed by atoms with Gasteiger partial charge < -0.3 is 10.1 Å². The van der Waals surface area contributed by atoms with Gasteiger partial charge in [0.25, 0.3) is 5.91 Å². The number of benzene rings is 1. The minimum absolute atomic E-state index is 0.125. The van der Waals surface area contributed by atoms with E-state index in [1.165, 1.54) is 7.11 Å². The Morgan fingerprint density at radius 1 is 1.47 bits per heavy atom. The average molecular weight is 205 g/mol. The van der Waals surface area contributed by atoms with Gasteiger partial charge in [-0.1, -0.05) is 18.2 Å². The standard InChI is InChI=1S/C11H11NO3/c1-15-10(13)6-9-7-4-2-3-5-8(7)11(14)12-9/h2-5,9H,6H2,1H3,(H,12,14)/t9-/m0/s1. The molecule has 1 aliphatic heterocycles. The van der Waals surface area contributed by atoms with E-state index < -0.39 is 0 Å². The lowest BCUT2D eigenvalue weighted by atomic mass is 10.0. The zero-order valence-electron chi connectivity index (χ0n) is 8.32. The van der Waals surface area contributed by atoms with Crippen LogP contribution in [-0.4, -0.2) is 19.0 Å². The van der Waals surface area contributed by atoms with Crippen molar-refractivity contribution in [2.75, 3.05) is 7.11 Å². The first-order chi connectivity index (χ1) is 7.22. The maximum atomic E-state index is 11.5. The maximum Gasteiger partial charge on any atom is 0.307 e. The summed E-state index contributed by atoms with van der Waals surface area (Å²) in [5, 5.41) is 2.74. The first-order valence-corrected chi connectivity index (χ1v) is 4.69. The summed E-state index contributed by atoms with van der Waals surface area (Å²) in [6, 6.07) is 7.01. The zero-order valence-corrected chi connectivity index (χ0v) is 8.32. The summed E-state index contributed by atoms with van der Waals surface area (Å²) in [6.07, 6.45) is 0.180. The molecule has 1 aromatic rings. The van der Waals surface area contributed by atoms with Crippen LogP contribution in [0.2, 0.25) is 0 Å². The highest BCUT2D eigenvalue weighted by molar-refractivity contribution is 5.99. The van der Waals surface area contributed by atoms with E-state index in [2.05, 4.69) is 10.1 Å². The Labute approximate surface area is 87.2 Å². The molecule has 0 radical (unpaired) electrons. The molecule has 0 saturated heterocycles. The van der Waals surface area contributed by atoms with Gasteiger partial charge in [-0.3, -0.25) is 9.59 Å². The Hall–Kier alpha value is -1.84. The van der Waals surface area contributed by atoms with Gasteiger partial charge in [-0.2, -0.15) is 0 Å². The molecule has 1 aromatic carbocycles. The van der Waals surface area contributed by atoms with E-state index in [9.17, 15) is 9.59 Å². The Balaban J connectivity index is 2.25. The van der Waals surface area contributed by atoms with Crippen LogP contribution in [-0.2, 0) is 9.53 Å². The number of ether oxygens (including phenoxy) is 1. The number of amides is 1. The van der Waals surface area contributed by atoms with Crippen molar-refractivity contribution in [2.45, 2.75) is 12.5 Å². The van der Waals surface area contributed by atoms with Gasteiger partial charge in [0.15, 0.2) is 0 Å². The number of methoxy groups -OCH3 is 1. The molecule has 0 aromatic heterocycles. The fraction of sp³-hybridized carbons (Fsp3) is 0.273. The summed E-state index contributed by atoms with van der Waals surface area (Å²) < 4.78 is 4.57. The van der Waals surface area contributed by atoms with Gasteiger partial charge in [0.2, 0.25) is 0 Å². The Morgan fingerprint density at radius 2 is 2.20 bits per heavy atom. The minimum atomic E-state index is -0.322. The number of fused-ring (bicyclic) bond motifs is 1. The molecule has 2 rings (SSSR count). The molecule has 0 saturated carbocycles. The molecule has 78 valence electrons. The highest BCUT2D eigenvalue weighted by Crippen LogP contribution is 2.27. The van der Waals surface area contributed by atoms with Crippen LogP contribution in [0.15, 0.2) is 24.3 Å². The highest BCUT2D eigenvalue weighted by atomic mass is 16.5. The van der Waals surface area contributed by atoms with Crippen molar-refractivity contribution in [3.8, 4) is 0 Å². The topological polar surface area (TPSA) is 55.4 Å². The second-order valence-electron chi connectivity index (χ2n) is 3.39. The van der Waals surface area contributed by atoms with Crippen molar-refractivity contribution >= 4 is 11.9 Å². The van der Waals surface area contributed by atoms with Crippen LogP contribution in [0.5, 0.6) is 0 Å². The lowest BCUT2D eigenvalue weighted by molar-refractivity contribution is -0.141. The van der Waals surface area contributed by atoms with Crippen LogP contribution < -0.4 is 5.32 Å². The number of hydrogen-bond donors (Lipinski definition) is 1. The number of nitrogens with one attached hydrogen (secondary N) is 1. The van der Waals surface area contributed by atoms with E-state index in [0.29, 0.717) is 5.56 Å². The summed E-state index contributed by atoms with van der Waals surface area (Å²) in [6.45, 7) is 0. The van der Waals surface area contributed by atoms with E-state index in [-0.39, 0.29) is 24.3 Å². The predicted octanol–water partition coefficient (Wildman–Crippen LogP) is 1.03. The third kappa shape index (κ3) is 1.70. The molecule has 4 heteroatoms. The smallest absolute Gasteiger partial charge is 0.307 e. The van der Waals surface area contributed by atoms with Crippen molar-refractivity contribution in [1.29, 1.82) is 0 Å². The molecule has 1 aliphatic rings. The SMILES string of the molecule is COC(=O)C[C@@H]1NC(=O)c2ccccc21. The van der Waals surface area contributed by atoms with Gasteiger partial charge in [0, 0.05) is 5.56 Å². The first-order valence-electron chi connectivity index (χ1n) is 4.69. The van der Waals surface area contributed by atoms with Crippen LogP contribution in [0.4, 0.5) is 0 Å². The summed E-state index contributed by atoms with van der Waals surface area (Å²) in [4.78, 5) is 22.6. The largest absolute Gasteiger partial charge is 0.469 e. The quantitative estimate of drug-likeness (QED) is 0.734. The highest BCUT2D eigenvalue weighted by Gasteiger charge is 2.29. The third-order valence-electron chi connectivity index (χ3n) is 2.48. The van der Waals surface area contributed by atoms with Gasteiger partial charge >= 0.3 is 5.97 Å². The molecular weight excluding hydrogens is 194 g/mol. The molecule has 0 fully saturated rings. The summed E-state index contributed by atoms with van der Waals surface area (Å²) in [5.41, 5.74) is 1.51. The molecule has 0 aliphatic carbocycles. The number of carbonyl (C=O) groups is 2. The number of rotatable bonds is 2. The Bertz CT molecular complexity index is 414. The van der Waals surface area contributed by atoms with Gasteiger partial charge in [-0.05, 0) is 11.6 Å². The summed E-state index contributed by atoms with van der Waals surface area (Å²) in [5.74, 6) is -0.448. The van der Waals surface area contributed by atoms with Crippen LogP contribution in [0, 0.1) is 0 Å². The van der Waals surface area contributed by atoms with Crippen molar-refractivity contribution < 1.29 is 14.3 Å². The number of carbonyl (C=O) groups excluding carboxylic acids is 2. The molecule has 4 nitrogen and oxygen atoms in total. The average Bonchev–Trinajstić information content (AvgIpc) is 2.57. The number of hydrogen-bond acceptors (Lipinski definition) is 3. The zero-order chi connectivity index (χ0) is 10.8. The van der Waals surface area contributed by atoms with Gasteiger partial charge in [0.1, 0.15) is 0 Å². The van der Waals surface area contributed by atoms with Crippen molar-refractivity contribution in [3.05, 3.63) is 35.4 Å². The van der Waals surface area contributed by atoms with Crippen LogP contribution in [0.1, 0.15) is 28.4 Å². The second-order valence-corrected chi connectivity index (χ2v) is 3.39. The molecule has 1 amide bonds. The number of esters is 1. The summed E-state index contributed by atoms with van der Waals surface area (Å²) >= 11 is 0. The minimum Gasteiger partial charge on any atom is -0.469 e. The van der Waals surface area contributed by atoms with Gasteiger partial charge in [-0.15, -0.1) is 0 Å². The van der Waals surface area contributed by atoms with Crippen molar-refractivity contribution in [1.82, 2.24) is 5.32 Å². The van der Waals surface area contributed by atoms with E-state index >= 15 is 0 Å². The molecule has 1 N–H and O–H groups in total. The van der Waals surface area contributed by atoms with Gasteiger partial charge in [0.05, 0.1) is 19.6 Å². The maximum absolute atomic E-state index is 11.5. The van der Waals surface area contributed by atoms with Crippen molar-refractivity contribution in [2.24, 2.45) is 0 Å². The van der Waals surface area contributed by atoms with Crippen LogP contribution in [0.25, 0.3) is 0 Å². The van der Waals surface area contributed by atoms with Gasteiger partial charge in [-0.25, -0.2) is 0 Å². The van der Waals surface area contributed by atoms with E-state index in [1.54, 1.807) is 12.1 Å². The first kappa shape index (κ1) is 9.71. The summed E-state index contributed by atoms with van der Waals surface area (Å²) in [7, 11) is 1.34. The molecule has 1 heterocycles. The molecule has 0 spiro atoms. The van der Waals surface area contributed by atoms with Crippen LogP contribution >= 0.6 is 0 Å². The van der Waals surface area contributed by atoms with E-state index in [1.807, 2.05) is 12.1 Å². The lowest BCUT2D eigenvalue weighted by Gasteiger charge is -2.09. The molecule has 0 unspecified atom stereocenters. The van der Waals surface area contributed by atoms with E-state index in [4.69, 9.17) is 0 Å². The fourth-order valence-electron chi connectivity index (χ4n) is 1.73. The molecule has 1 atom stereocenters.